The molecule has 0 heterocycles. The summed E-state index contributed by atoms with van der Waals surface area (Å²) >= 11 is 0. The molecule has 0 bridgehead atoms. The van der Waals surface area contributed by atoms with Gasteiger partial charge in [0.05, 0.1) is 0 Å². The van der Waals surface area contributed by atoms with Crippen LogP contribution in [0, 0.1) is 12.0 Å². The maximum absolute atomic E-state index is 7.00. The second-order valence-electron chi connectivity index (χ2n) is 5.14. The SMILES string of the molecule is CC1=CC(C)C(c2[c-]c3ccccc3cc2)=C1C.CO.[Ti]. The third kappa shape index (κ3) is 3.55. The Labute approximate surface area is 142 Å². The van der Waals surface area contributed by atoms with E-state index in [1.54, 1.807) is 0 Å². The Kier molecular flexibility index (Phi) is 6.60. The standard InChI is InChI=1S/C18H17.CH4O.Ti/c1-12-10-13(2)18(14(12)3)17-9-8-15-6-4-5-7-16(15)11-17;1-2;/h4-10,13H,1-3H3;2H,1H3;/q-1;;. The number of aliphatic hydroxyl groups excluding tert-OH is 1. The molecule has 108 valence electrons. The van der Waals surface area contributed by atoms with Crippen molar-refractivity contribution in [3.8, 4) is 0 Å². The van der Waals surface area contributed by atoms with Crippen LogP contribution in [0.4, 0.5) is 0 Å². The van der Waals surface area contributed by atoms with Crippen molar-refractivity contribution in [2.75, 3.05) is 7.11 Å². The van der Waals surface area contributed by atoms with Crippen LogP contribution in [0.2, 0.25) is 0 Å². The molecule has 1 atom stereocenters. The van der Waals surface area contributed by atoms with Gasteiger partial charge in [0, 0.05) is 28.8 Å². The summed E-state index contributed by atoms with van der Waals surface area (Å²) in [6.45, 7) is 6.67. The Hall–Kier alpha value is -1.15. The molecule has 1 N–H and O–H groups in total. The quantitative estimate of drug-likeness (QED) is 0.602. The van der Waals surface area contributed by atoms with Crippen LogP contribution in [0.3, 0.4) is 0 Å². The molecular formula is C19H21OTi-. The molecule has 0 saturated heterocycles. The van der Waals surface area contributed by atoms with Gasteiger partial charge in [0.25, 0.3) is 0 Å². The Bertz CT molecular complexity index is 683. The van der Waals surface area contributed by atoms with Crippen LogP contribution in [0.1, 0.15) is 26.3 Å². The summed E-state index contributed by atoms with van der Waals surface area (Å²) in [5.74, 6) is 0.502. The van der Waals surface area contributed by atoms with Gasteiger partial charge in [-0.1, -0.05) is 53.3 Å². The van der Waals surface area contributed by atoms with Crippen molar-refractivity contribution in [2.24, 2.45) is 5.92 Å². The maximum atomic E-state index is 7.00. The van der Waals surface area contributed by atoms with Gasteiger partial charge >= 0.3 is 0 Å². The van der Waals surface area contributed by atoms with E-state index in [2.05, 4.69) is 69.3 Å². The molecule has 0 fully saturated rings. The molecule has 0 spiro atoms. The van der Waals surface area contributed by atoms with Gasteiger partial charge < -0.3 is 5.11 Å². The molecule has 0 aliphatic heterocycles. The minimum atomic E-state index is 0. The largest absolute Gasteiger partial charge is 0.400 e. The molecule has 1 aliphatic rings. The number of benzene rings is 2. The maximum Gasteiger partial charge on any atom is 0.0319 e. The average Bonchev–Trinajstić information content (AvgIpc) is 2.74. The predicted octanol–water partition coefficient (Wildman–Crippen LogP) is 4.62. The van der Waals surface area contributed by atoms with E-state index in [4.69, 9.17) is 5.11 Å². The van der Waals surface area contributed by atoms with Crippen molar-refractivity contribution >= 4 is 16.3 Å². The molecule has 2 aromatic carbocycles. The Morgan fingerprint density at radius 1 is 1.00 bits per heavy atom. The van der Waals surface area contributed by atoms with Crippen LogP contribution in [0.5, 0.6) is 0 Å². The number of rotatable bonds is 1. The summed E-state index contributed by atoms with van der Waals surface area (Å²) in [7, 11) is 1.00. The van der Waals surface area contributed by atoms with Crippen molar-refractivity contribution in [3.63, 3.8) is 0 Å². The minimum Gasteiger partial charge on any atom is -0.400 e. The number of hydrogen-bond donors (Lipinski definition) is 1. The van der Waals surface area contributed by atoms with Gasteiger partial charge in [-0.15, -0.1) is 35.2 Å². The Morgan fingerprint density at radius 2 is 1.67 bits per heavy atom. The fraction of sp³-hybridized carbons (Fsp3) is 0.263. The van der Waals surface area contributed by atoms with E-state index in [1.807, 2.05) is 0 Å². The molecule has 0 aromatic heterocycles. The smallest absolute Gasteiger partial charge is 0.0319 e. The van der Waals surface area contributed by atoms with Crippen LogP contribution < -0.4 is 0 Å². The first-order chi connectivity index (χ1) is 9.66. The van der Waals surface area contributed by atoms with Crippen LogP contribution in [0.15, 0.2) is 53.6 Å². The molecule has 2 aromatic rings. The summed E-state index contributed by atoms with van der Waals surface area (Å²) in [6, 6.07) is 16.4. The molecule has 0 radical (unpaired) electrons. The van der Waals surface area contributed by atoms with Gasteiger partial charge in [-0.3, -0.25) is 0 Å². The summed E-state index contributed by atoms with van der Waals surface area (Å²) in [5.41, 5.74) is 5.48. The van der Waals surface area contributed by atoms with E-state index in [0.717, 1.165) is 7.11 Å². The zero-order valence-electron chi connectivity index (χ0n) is 13.1. The first kappa shape index (κ1) is 17.9. The van der Waals surface area contributed by atoms with E-state index >= 15 is 0 Å². The first-order valence-corrected chi connectivity index (χ1v) is 6.92. The van der Waals surface area contributed by atoms with E-state index < -0.39 is 0 Å². The molecule has 0 saturated carbocycles. The minimum absolute atomic E-state index is 0. The molecule has 1 unspecified atom stereocenters. The van der Waals surface area contributed by atoms with Crippen LogP contribution >= 0.6 is 0 Å². The fourth-order valence-corrected chi connectivity index (χ4v) is 2.86. The third-order valence-electron chi connectivity index (χ3n) is 3.90. The molecular weight excluding hydrogens is 292 g/mol. The van der Waals surface area contributed by atoms with Gasteiger partial charge in [0.1, 0.15) is 0 Å². The van der Waals surface area contributed by atoms with Crippen LogP contribution in [-0.2, 0) is 21.7 Å². The number of fused-ring (bicyclic) bond motifs is 1. The van der Waals surface area contributed by atoms with E-state index in [0.29, 0.717) is 5.92 Å². The molecule has 21 heavy (non-hydrogen) atoms. The fourth-order valence-electron chi connectivity index (χ4n) is 2.86. The zero-order valence-corrected chi connectivity index (χ0v) is 14.6. The summed E-state index contributed by atoms with van der Waals surface area (Å²) < 4.78 is 0. The molecule has 1 aliphatic carbocycles. The van der Waals surface area contributed by atoms with Crippen LogP contribution in [0.25, 0.3) is 16.3 Å². The van der Waals surface area contributed by atoms with Crippen molar-refractivity contribution in [1.29, 1.82) is 0 Å². The summed E-state index contributed by atoms with van der Waals surface area (Å²) in [4.78, 5) is 0. The van der Waals surface area contributed by atoms with Gasteiger partial charge in [-0.05, 0) is 19.8 Å². The normalized spacial score (nSPS) is 17.0. The number of allylic oxidation sites excluding steroid dienone is 4. The molecule has 3 rings (SSSR count). The molecule has 0 amide bonds. The first-order valence-electron chi connectivity index (χ1n) is 6.92. The van der Waals surface area contributed by atoms with Gasteiger partial charge in [-0.2, -0.15) is 0 Å². The van der Waals surface area contributed by atoms with E-state index in [9.17, 15) is 0 Å². The zero-order chi connectivity index (χ0) is 14.7. The summed E-state index contributed by atoms with van der Waals surface area (Å²) in [6.07, 6.45) is 2.34. The van der Waals surface area contributed by atoms with Crippen molar-refractivity contribution in [2.45, 2.75) is 20.8 Å². The van der Waals surface area contributed by atoms with Crippen molar-refractivity contribution < 1.29 is 26.8 Å². The Balaban J connectivity index is 0.000000706. The van der Waals surface area contributed by atoms with Gasteiger partial charge in [0.2, 0.25) is 0 Å². The second-order valence-corrected chi connectivity index (χ2v) is 5.14. The average molecular weight is 313 g/mol. The second kappa shape index (κ2) is 7.75. The third-order valence-corrected chi connectivity index (χ3v) is 3.90. The van der Waals surface area contributed by atoms with Crippen molar-refractivity contribution in [3.05, 3.63) is 65.3 Å². The van der Waals surface area contributed by atoms with Gasteiger partial charge in [0.15, 0.2) is 0 Å². The van der Waals surface area contributed by atoms with Gasteiger partial charge in [-0.25, -0.2) is 0 Å². The number of aliphatic hydroxyl groups is 1. The Morgan fingerprint density at radius 3 is 2.29 bits per heavy atom. The number of hydrogen-bond acceptors (Lipinski definition) is 1. The monoisotopic (exact) mass is 313 g/mol. The molecule has 2 heteroatoms. The van der Waals surface area contributed by atoms with Crippen LogP contribution in [-0.4, -0.2) is 12.2 Å². The van der Waals surface area contributed by atoms with Crippen molar-refractivity contribution in [1.82, 2.24) is 0 Å². The van der Waals surface area contributed by atoms with E-state index in [1.165, 1.54) is 33.1 Å². The van der Waals surface area contributed by atoms with E-state index in [-0.39, 0.29) is 21.7 Å². The summed E-state index contributed by atoms with van der Waals surface area (Å²) in [5, 5.41) is 9.46. The molecule has 1 nitrogen and oxygen atoms in total. The predicted molar refractivity (Wildman–Crippen MR) is 86.4 cm³/mol. The topological polar surface area (TPSA) is 20.2 Å².